The molecule has 0 spiro atoms. The van der Waals surface area contributed by atoms with Crippen LogP contribution in [0.25, 0.3) is 0 Å². The van der Waals surface area contributed by atoms with Gasteiger partial charge in [-0.2, -0.15) is 0 Å². The minimum atomic E-state index is 0.102. The Labute approximate surface area is 105 Å². The van der Waals surface area contributed by atoms with E-state index in [4.69, 9.17) is 14.2 Å². The van der Waals surface area contributed by atoms with E-state index in [1.165, 1.54) is 0 Å². The van der Waals surface area contributed by atoms with Crippen molar-refractivity contribution in [1.29, 1.82) is 0 Å². The van der Waals surface area contributed by atoms with Gasteiger partial charge in [0.25, 0.3) is 0 Å². The predicted octanol–water partition coefficient (Wildman–Crippen LogP) is 2.06. The van der Waals surface area contributed by atoms with Gasteiger partial charge in [0, 0.05) is 18.9 Å². The summed E-state index contributed by atoms with van der Waals surface area (Å²) in [5, 5.41) is 0. The molecule has 102 valence electrons. The number of ketones is 1. The van der Waals surface area contributed by atoms with Gasteiger partial charge in [-0.05, 0) is 6.42 Å². The summed E-state index contributed by atoms with van der Waals surface area (Å²) in [5.74, 6) is 0.351. The normalized spacial score (nSPS) is 11.1. The summed E-state index contributed by atoms with van der Waals surface area (Å²) in [5.41, 5.74) is 0. The van der Waals surface area contributed by atoms with Gasteiger partial charge in [0.2, 0.25) is 0 Å². The van der Waals surface area contributed by atoms with Crippen molar-refractivity contribution in [1.82, 2.24) is 0 Å². The van der Waals surface area contributed by atoms with Crippen LogP contribution in [0.2, 0.25) is 0 Å². The van der Waals surface area contributed by atoms with Crippen LogP contribution >= 0.6 is 0 Å². The fourth-order valence-electron chi connectivity index (χ4n) is 1.15. The van der Waals surface area contributed by atoms with Crippen LogP contribution in [0.15, 0.2) is 0 Å². The standard InChI is InChI=1S/C13H26O4/c1-4-6-15-8-10-17-11-9-16-7-5-13(14)12(2)3/h12H,4-11H2,1-3H3. The molecule has 0 aliphatic carbocycles. The molecule has 0 aliphatic heterocycles. The van der Waals surface area contributed by atoms with Gasteiger partial charge in [-0.15, -0.1) is 0 Å². The zero-order valence-electron chi connectivity index (χ0n) is 11.4. The third kappa shape index (κ3) is 11.8. The molecular weight excluding hydrogens is 220 g/mol. The van der Waals surface area contributed by atoms with E-state index in [1.807, 2.05) is 13.8 Å². The summed E-state index contributed by atoms with van der Waals surface area (Å²) in [7, 11) is 0. The van der Waals surface area contributed by atoms with Crippen LogP contribution in [-0.4, -0.2) is 45.4 Å². The first kappa shape index (κ1) is 16.6. The Morgan fingerprint density at radius 1 is 0.882 bits per heavy atom. The zero-order valence-corrected chi connectivity index (χ0v) is 11.4. The van der Waals surface area contributed by atoms with Crippen molar-refractivity contribution in [3.63, 3.8) is 0 Å². The summed E-state index contributed by atoms with van der Waals surface area (Å²) in [4.78, 5) is 11.3. The summed E-state index contributed by atoms with van der Waals surface area (Å²) in [6.07, 6.45) is 1.53. The Bertz CT molecular complexity index is 180. The van der Waals surface area contributed by atoms with Gasteiger partial charge in [-0.25, -0.2) is 0 Å². The molecule has 0 aromatic rings. The fourth-order valence-corrected chi connectivity index (χ4v) is 1.15. The largest absolute Gasteiger partial charge is 0.379 e. The van der Waals surface area contributed by atoms with E-state index >= 15 is 0 Å². The second kappa shape index (κ2) is 12.0. The maximum atomic E-state index is 11.3. The van der Waals surface area contributed by atoms with Crippen molar-refractivity contribution in [3.05, 3.63) is 0 Å². The highest BCUT2D eigenvalue weighted by Crippen LogP contribution is 1.98. The van der Waals surface area contributed by atoms with Crippen molar-refractivity contribution in [2.75, 3.05) is 39.6 Å². The van der Waals surface area contributed by atoms with Crippen LogP contribution in [0.3, 0.4) is 0 Å². The summed E-state index contributed by atoms with van der Waals surface area (Å²) in [6.45, 7) is 9.51. The van der Waals surface area contributed by atoms with Gasteiger partial charge in [0.15, 0.2) is 0 Å². The molecular formula is C13H26O4. The van der Waals surface area contributed by atoms with Crippen molar-refractivity contribution in [2.24, 2.45) is 5.92 Å². The van der Waals surface area contributed by atoms with E-state index < -0.39 is 0 Å². The van der Waals surface area contributed by atoms with Gasteiger partial charge in [-0.3, -0.25) is 4.79 Å². The Morgan fingerprint density at radius 2 is 1.35 bits per heavy atom. The topological polar surface area (TPSA) is 44.8 Å². The lowest BCUT2D eigenvalue weighted by atomic mass is 10.1. The molecule has 0 saturated carbocycles. The van der Waals surface area contributed by atoms with E-state index in [0.29, 0.717) is 39.5 Å². The van der Waals surface area contributed by atoms with E-state index in [0.717, 1.165) is 13.0 Å². The predicted molar refractivity (Wildman–Crippen MR) is 67.2 cm³/mol. The van der Waals surface area contributed by atoms with Gasteiger partial charge < -0.3 is 14.2 Å². The number of Topliss-reactive ketones (excluding diaryl/α,β-unsaturated/α-hetero) is 1. The average molecular weight is 246 g/mol. The molecule has 0 fully saturated rings. The SMILES string of the molecule is CCCOCCOCCOCCC(=O)C(C)C. The minimum absolute atomic E-state index is 0.102. The summed E-state index contributed by atoms with van der Waals surface area (Å²) in [6, 6.07) is 0. The Balaban J connectivity index is 3.06. The Kier molecular flexibility index (Phi) is 11.7. The Hall–Kier alpha value is -0.450. The molecule has 0 aromatic heterocycles. The molecule has 0 aromatic carbocycles. The maximum absolute atomic E-state index is 11.3. The van der Waals surface area contributed by atoms with Crippen LogP contribution in [0.5, 0.6) is 0 Å². The fraction of sp³-hybridized carbons (Fsp3) is 0.923. The van der Waals surface area contributed by atoms with Crippen molar-refractivity contribution >= 4 is 5.78 Å². The highest BCUT2D eigenvalue weighted by molar-refractivity contribution is 5.80. The molecule has 0 heterocycles. The van der Waals surface area contributed by atoms with E-state index in [9.17, 15) is 4.79 Å². The van der Waals surface area contributed by atoms with Gasteiger partial charge in [-0.1, -0.05) is 20.8 Å². The number of hydrogen-bond donors (Lipinski definition) is 0. The lowest BCUT2D eigenvalue weighted by Crippen LogP contribution is -2.13. The lowest BCUT2D eigenvalue weighted by Gasteiger charge is -2.07. The molecule has 0 bridgehead atoms. The highest BCUT2D eigenvalue weighted by Gasteiger charge is 2.05. The molecule has 0 rings (SSSR count). The highest BCUT2D eigenvalue weighted by atomic mass is 16.5. The molecule has 0 radical (unpaired) electrons. The van der Waals surface area contributed by atoms with Crippen LogP contribution < -0.4 is 0 Å². The average Bonchev–Trinajstić information content (AvgIpc) is 2.31. The third-order valence-electron chi connectivity index (χ3n) is 2.23. The number of carbonyl (C=O) groups excluding carboxylic acids is 1. The number of ether oxygens (including phenoxy) is 3. The molecule has 0 amide bonds. The van der Waals surface area contributed by atoms with Crippen LogP contribution in [0.1, 0.15) is 33.6 Å². The first-order chi connectivity index (χ1) is 8.18. The van der Waals surface area contributed by atoms with E-state index in [2.05, 4.69) is 6.92 Å². The summed E-state index contributed by atoms with van der Waals surface area (Å²) < 4.78 is 15.9. The monoisotopic (exact) mass is 246 g/mol. The smallest absolute Gasteiger partial charge is 0.137 e. The van der Waals surface area contributed by atoms with Crippen molar-refractivity contribution < 1.29 is 19.0 Å². The van der Waals surface area contributed by atoms with E-state index in [1.54, 1.807) is 0 Å². The molecule has 4 heteroatoms. The van der Waals surface area contributed by atoms with Crippen molar-refractivity contribution in [2.45, 2.75) is 33.6 Å². The first-order valence-corrected chi connectivity index (χ1v) is 6.44. The first-order valence-electron chi connectivity index (χ1n) is 6.44. The van der Waals surface area contributed by atoms with Crippen molar-refractivity contribution in [3.8, 4) is 0 Å². The molecule has 0 atom stereocenters. The molecule has 4 nitrogen and oxygen atoms in total. The minimum Gasteiger partial charge on any atom is -0.379 e. The number of rotatable bonds is 12. The Morgan fingerprint density at radius 3 is 1.82 bits per heavy atom. The maximum Gasteiger partial charge on any atom is 0.137 e. The van der Waals surface area contributed by atoms with Crippen LogP contribution in [0.4, 0.5) is 0 Å². The molecule has 0 unspecified atom stereocenters. The second-order valence-electron chi connectivity index (χ2n) is 4.21. The van der Waals surface area contributed by atoms with Gasteiger partial charge >= 0.3 is 0 Å². The van der Waals surface area contributed by atoms with Gasteiger partial charge in [0.1, 0.15) is 5.78 Å². The second-order valence-corrected chi connectivity index (χ2v) is 4.21. The number of carbonyl (C=O) groups is 1. The van der Waals surface area contributed by atoms with Crippen LogP contribution in [0, 0.1) is 5.92 Å². The van der Waals surface area contributed by atoms with E-state index in [-0.39, 0.29) is 11.7 Å². The molecule has 0 aliphatic rings. The van der Waals surface area contributed by atoms with Gasteiger partial charge in [0.05, 0.1) is 33.0 Å². The summed E-state index contributed by atoms with van der Waals surface area (Å²) >= 11 is 0. The molecule has 0 saturated heterocycles. The lowest BCUT2D eigenvalue weighted by molar-refractivity contribution is -0.123. The quantitative estimate of drug-likeness (QED) is 0.494. The van der Waals surface area contributed by atoms with Crippen LogP contribution in [-0.2, 0) is 19.0 Å². The number of hydrogen-bond acceptors (Lipinski definition) is 4. The molecule has 17 heavy (non-hydrogen) atoms. The zero-order chi connectivity index (χ0) is 12.9. The molecule has 0 N–H and O–H groups in total. The third-order valence-corrected chi connectivity index (χ3v) is 2.23.